The van der Waals surface area contributed by atoms with Gasteiger partial charge in [0.05, 0.1) is 0 Å². The van der Waals surface area contributed by atoms with Crippen molar-refractivity contribution in [2.45, 2.75) is 25.9 Å². The topological polar surface area (TPSA) is 50.2 Å². The Kier molecular flexibility index (Phi) is 3.56. The minimum absolute atomic E-state index is 0.226. The second-order valence-electron chi connectivity index (χ2n) is 4.16. The third-order valence-corrected chi connectivity index (χ3v) is 2.94. The van der Waals surface area contributed by atoms with Crippen LogP contribution in [-0.2, 0) is 11.3 Å². The number of amides is 1. The van der Waals surface area contributed by atoms with Crippen molar-refractivity contribution < 1.29 is 4.79 Å². The zero-order valence-corrected chi connectivity index (χ0v) is 9.59. The molecule has 1 saturated heterocycles. The van der Waals surface area contributed by atoms with Crippen LogP contribution in [0.2, 0.25) is 0 Å². The minimum atomic E-state index is 0.226. The van der Waals surface area contributed by atoms with Gasteiger partial charge in [-0.2, -0.15) is 5.10 Å². The predicted molar refractivity (Wildman–Crippen MR) is 60.9 cm³/mol. The molecular formula is C11H18N4O. The Bertz CT molecular complexity index is 336. The Morgan fingerprint density at radius 3 is 3.19 bits per heavy atom. The molecule has 1 fully saturated rings. The highest BCUT2D eigenvalue weighted by molar-refractivity contribution is 5.76. The van der Waals surface area contributed by atoms with Crippen molar-refractivity contribution in [3.63, 3.8) is 0 Å². The molecule has 1 unspecified atom stereocenters. The van der Waals surface area contributed by atoms with Gasteiger partial charge in [0.2, 0.25) is 5.91 Å². The molecule has 2 rings (SSSR count). The first-order chi connectivity index (χ1) is 7.77. The monoisotopic (exact) mass is 222 g/mol. The second-order valence-corrected chi connectivity index (χ2v) is 4.16. The van der Waals surface area contributed by atoms with Gasteiger partial charge in [0.1, 0.15) is 0 Å². The van der Waals surface area contributed by atoms with Gasteiger partial charge in [0, 0.05) is 51.0 Å². The lowest BCUT2D eigenvalue weighted by atomic mass is 10.2. The number of nitrogens with one attached hydrogen (secondary N) is 1. The number of aromatic nitrogens is 2. The smallest absolute Gasteiger partial charge is 0.224 e. The number of carbonyl (C=O) groups excluding carboxylic acids is 1. The summed E-state index contributed by atoms with van der Waals surface area (Å²) in [5.41, 5.74) is 0. The van der Waals surface area contributed by atoms with Crippen LogP contribution in [0.5, 0.6) is 0 Å². The second kappa shape index (κ2) is 5.12. The quantitative estimate of drug-likeness (QED) is 0.788. The first-order valence-electron chi connectivity index (χ1n) is 5.75. The molecule has 0 aliphatic carbocycles. The number of nitrogens with zero attached hydrogens (tertiary/aromatic N) is 3. The fourth-order valence-electron chi connectivity index (χ4n) is 2.00. The standard InChI is InChI=1S/C11H18N4O/c1-10-9-12-5-8-15(10)11(16)3-7-14-6-2-4-13-14/h2,4,6,10,12H,3,5,7-9H2,1H3. The molecule has 0 aromatic carbocycles. The third kappa shape index (κ3) is 2.61. The number of hydrogen-bond acceptors (Lipinski definition) is 3. The Morgan fingerprint density at radius 2 is 2.50 bits per heavy atom. The summed E-state index contributed by atoms with van der Waals surface area (Å²) in [6.45, 7) is 5.37. The van der Waals surface area contributed by atoms with Crippen LogP contribution in [-0.4, -0.2) is 46.3 Å². The molecule has 1 aromatic rings. The van der Waals surface area contributed by atoms with Crippen molar-refractivity contribution in [2.24, 2.45) is 0 Å². The average Bonchev–Trinajstić information content (AvgIpc) is 2.79. The van der Waals surface area contributed by atoms with E-state index in [1.165, 1.54) is 0 Å². The summed E-state index contributed by atoms with van der Waals surface area (Å²) in [6.07, 6.45) is 4.15. The zero-order valence-electron chi connectivity index (χ0n) is 9.59. The van der Waals surface area contributed by atoms with Gasteiger partial charge in [-0.1, -0.05) is 0 Å². The highest BCUT2D eigenvalue weighted by Crippen LogP contribution is 2.05. The lowest BCUT2D eigenvalue weighted by Crippen LogP contribution is -2.52. The fraction of sp³-hybridized carbons (Fsp3) is 0.636. The van der Waals surface area contributed by atoms with E-state index in [0.717, 1.165) is 19.6 Å². The van der Waals surface area contributed by atoms with Crippen molar-refractivity contribution >= 4 is 5.91 Å². The molecule has 5 heteroatoms. The van der Waals surface area contributed by atoms with Gasteiger partial charge in [-0.15, -0.1) is 0 Å². The number of piperazine rings is 1. The van der Waals surface area contributed by atoms with Gasteiger partial charge in [-0.05, 0) is 13.0 Å². The highest BCUT2D eigenvalue weighted by Gasteiger charge is 2.22. The maximum atomic E-state index is 12.0. The Balaban J connectivity index is 1.83. The van der Waals surface area contributed by atoms with Crippen LogP contribution < -0.4 is 5.32 Å². The number of hydrogen-bond donors (Lipinski definition) is 1. The van der Waals surface area contributed by atoms with E-state index in [0.29, 0.717) is 19.0 Å². The molecule has 1 aliphatic heterocycles. The van der Waals surface area contributed by atoms with E-state index in [-0.39, 0.29) is 5.91 Å². The molecule has 0 bridgehead atoms. The van der Waals surface area contributed by atoms with Crippen LogP contribution in [0.3, 0.4) is 0 Å². The van der Waals surface area contributed by atoms with Gasteiger partial charge >= 0.3 is 0 Å². The van der Waals surface area contributed by atoms with Crippen LogP contribution in [0.4, 0.5) is 0 Å². The Hall–Kier alpha value is -1.36. The van der Waals surface area contributed by atoms with Gasteiger partial charge in [-0.3, -0.25) is 9.48 Å². The zero-order chi connectivity index (χ0) is 11.4. The van der Waals surface area contributed by atoms with E-state index in [4.69, 9.17) is 0 Å². The van der Waals surface area contributed by atoms with Crippen molar-refractivity contribution in [2.75, 3.05) is 19.6 Å². The van der Waals surface area contributed by atoms with Crippen molar-refractivity contribution in [1.29, 1.82) is 0 Å². The number of rotatable bonds is 3. The largest absolute Gasteiger partial charge is 0.337 e. The summed E-state index contributed by atoms with van der Waals surface area (Å²) >= 11 is 0. The molecular weight excluding hydrogens is 204 g/mol. The SMILES string of the molecule is CC1CNCCN1C(=O)CCn1cccn1. The third-order valence-electron chi connectivity index (χ3n) is 2.94. The van der Waals surface area contributed by atoms with Crippen LogP contribution in [0, 0.1) is 0 Å². The Morgan fingerprint density at radius 1 is 1.62 bits per heavy atom. The van der Waals surface area contributed by atoms with E-state index in [1.54, 1.807) is 10.9 Å². The lowest BCUT2D eigenvalue weighted by Gasteiger charge is -2.34. The first-order valence-corrected chi connectivity index (χ1v) is 5.75. The highest BCUT2D eigenvalue weighted by atomic mass is 16.2. The molecule has 1 aliphatic rings. The summed E-state index contributed by atoms with van der Waals surface area (Å²) in [5.74, 6) is 0.226. The molecule has 1 aromatic heterocycles. The van der Waals surface area contributed by atoms with Crippen LogP contribution in [0.15, 0.2) is 18.5 Å². The maximum absolute atomic E-state index is 12.0. The summed E-state index contributed by atoms with van der Waals surface area (Å²) in [7, 11) is 0. The normalized spacial score (nSPS) is 21.1. The molecule has 1 atom stereocenters. The molecule has 0 spiro atoms. The predicted octanol–water partition coefficient (Wildman–Crippen LogP) is 0.0935. The van der Waals surface area contributed by atoms with Gasteiger partial charge in [0.25, 0.3) is 0 Å². The van der Waals surface area contributed by atoms with Crippen molar-refractivity contribution in [3.05, 3.63) is 18.5 Å². The molecule has 0 saturated carbocycles. The number of carbonyl (C=O) groups is 1. The Labute approximate surface area is 95.4 Å². The van der Waals surface area contributed by atoms with E-state index in [9.17, 15) is 4.79 Å². The minimum Gasteiger partial charge on any atom is -0.337 e. The first kappa shape index (κ1) is 11.1. The lowest BCUT2D eigenvalue weighted by molar-refractivity contribution is -0.134. The molecule has 1 N–H and O–H groups in total. The molecule has 2 heterocycles. The van der Waals surface area contributed by atoms with E-state index < -0.39 is 0 Å². The van der Waals surface area contributed by atoms with E-state index in [1.807, 2.05) is 17.2 Å². The molecule has 0 radical (unpaired) electrons. The van der Waals surface area contributed by atoms with Gasteiger partial charge in [-0.25, -0.2) is 0 Å². The molecule has 16 heavy (non-hydrogen) atoms. The fourth-order valence-corrected chi connectivity index (χ4v) is 2.00. The summed E-state index contributed by atoms with van der Waals surface area (Å²) in [4.78, 5) is 13.9. The van der Waals surface area contributed by atoms with Crippen LogP contribution in [0.25, 0.3) is 0 Å². The van der Waals surface area contributed by atoms with Gasteiger partial charge in [0.15, 0.2) is 0 Å². The van der Waals surface area contributed by atoms with Crippen molar-refractivity contribution in [1.82, 2.24) is 20.0 Å². The average molecular weight is 222 g/mol. The summed E-state index contributed by atoms with van der Waals surface area (Å²) in [5, 5.41) is 7.36. The number of aryl methyl sites for hydroxylation is 1. The van der Waals surface area contributed by atoms with Crippen LogP contribution >= 0.6 is 0 Å². The van der Waals surface area contributed by atoms with E-state index in [2.05, 4.69) is 17.3 Å². The maximum Gasteiger partial charge on any atom is 0.224 e. The summed E-state index contributed by atoms with van der Waals surface area (Å²) < 4.78 is 1.80. The summed E-state index contributed by atoms with van der Waals surface area (Å²) in [6, 6.07) is 2.18. The van der Waals surface area contributed by atoms with Crippen molar-refractivity contribution in [3.8, 4) is 0 Å². The molecule has 5 nitrogen and oxygen atoms in total. The van der Waals surface area contributed by atoms with Crippen LogP contribution in [0.1, 0.15) is 13.3 Å². The molecule has 88 valence electrons. The van der Waals surface area contributed by atoms with Gasteiger partial charge < -0.3 is 10.2 Å². The molecule has 1 amide bonds. The van der Waals surface area contributed by atoms with E-state index >= 15 is 0 Å².